The smallest absolute Gasteiger partial charge is 0.0720 e. The predicted molar refractivity (Wildman–Crippen MR) is 49.6 cm³/mol. The minimum Gasteiger partial charge on any atom is -0.389 e. The average Bonchev–Trinajstić information content (AvgIpc) is 2.01. The van der Waals surface area contributed by atoms with E-state index in [0.29, 0.717) is 0 Å². The number of aliphatic hydroxyl groups excluding tert-OH is 1. The topological polar surface area (TPSA) is 20.2 Å². The molecule has 0 saturated heterocycles. The van der Waals surface area contributed by atoms with Gasteiger partial charge < -0.3 is 5.11 Å². The fourth-order valence-electron chi connectivity index (χ4n) is 0.993. The van der Waals surface area contributed by atoms with E-state index >= 15 is 0 Å². The van der Waals surface area contributed by atoms with Crippen LogP contribution in [0.3, 0.4) is 0 Å². The van der Waals surface area contributed by atoms with Gasteiger partial charge in [-0.05, 0) is 12.8 Å². The average molecular weight is 156 g/mol. The van der Waals surface area contributed by atoms with E-state index in [2.05, 4.69) is 13.8 Å². The van der Waals surface area contributed by atoms with Crippen molar-refractivity contribution < 1.29 is 5.11 Å². The fourth-order valence-corrected chi connectivity index (χ4v) is 0.993. The van der Waals surface area contributed by atoms with Gasteiger partial charge in [-0.15, -0.1) is 0 Å². The van der Waals surface area contributed by atoms with Gasteiger partial charge in [0.25, 0.3) is 0 Å². The Labute approximate surface area is 70.1 Å². The molecule has 0 aromatic heterocycles. The normalized spacial score (nSPS) is 14.1. The zero-order chi connectivity index (χ0) is 8.53. The van der Waals surface area contributed by atoms with Crippen molar-refractivity contribution in [3.8, 4) is 0 Å². The summed E-state index contributed by atoms with van der Waals surface area (Å²) < 4.78 is 0. The van der Waals surface area contributed by atoms with Crippen LogP contribution in [-0.4, -0.2) is 11.2 Å². The van der Waals surface area contributed by atoms with Crippen LogP contribution in [0.15, 0.2) is 12.2 Å². The molecule has 1 nitrogen and oxygen atoms in total. The lowest BCUT2D eigenvalue weighted by Crippen LogP contribution is -2.00. The second kappa shape index (κ2) is 7.80. The van der Waals surface area contributed by atoms with Crippen LogP contribution in [-0.2, 0) is 0 Å². The van der Waals surface area contributed by atoms with E-state index in [-0.39, 0.29) is 6.10 Å². The molecule has 0 aliphatic carbocycles. The molecule has 1 N–H and O–H groups in total. The van der Waals surface area contributed by atoms with Crippen molar-refractivity contribution in [1.82, 2.24) is 0 Å². The Morgan fingerprint density at radius 2 is 2.00 bits per heavy atom. The zero-order valence-electron chi connectivity index (χ0n) is 7.71. The van der Waals surface area contributed by atoms with Gasteiger partial charge >= 0.3 is 0 Å². The van der Waals surface area contributed by atoms with Crippen LogP contribution in [0.5, 0.6) is 0 Å². The van der Waals surface area contributed by atoms with E-state index in [0.717, 1.165) is 19.3 Å². The van der Waals surface area contributed by atoms with Gasteiger partial charge in [-0.25, -0.2) is 0 Å². The van der Waals surface area contributed by atoms with Gasteiger partial charge in [0.1, 0.15) is 0 Å². The maximum atomic E-state index is 9.32. The Morgan fingerprint density at radius 3 is 2.55 bits per heavy atom. The molecule has 0 fully saturated rings. The first kappa shape index (κ1) is 10.7. The molecule has 66 valence electrons. The summed E-state index contributed by atoms with van der Waals surface area (Å²) in [6.45, 7) is 4.25. The van der Waals surface area contributed by atoms with Crippen LogP contribution in [0.25, 0.3) is 0 Å². The van der Waals surface area contributed by atoms with Gasteiger partial charge in [0.2, 0.25) is 0 Å². The lowest BCUT2D eigenvalue weighted by molar-refractivity contribution is 0.208. The Hall–Kier alpha value is -0.300. The second-order valence-electron chi connectivity index (χ2n) is 2.90. The molecule has 0 saturated carbocycles. The zero-order valence-corrected chi connectivity index (χ0v) is 7.71. The van der Waals surface area contributed by atoms with Crippen molar-refractivity contribution in [1.29, 1.82) is 0 Å². The number of rotatable bonds is 6. The molecule has 0 aliphatic rings. The SMILES string of the molecule is CCC=CC(O)CCCCC. The summed E-state index contributed by atoms with van der Waals surface area (Å²) in [6.07, 6.45) is 9.26. The molecule has 0 bridgehead atoms. The third kappa shape index (κ3) is 7.60. The van der Waals surface area contributed by atoms with Crippen LogP contribution in [0, 0.1) is 0 Å². The summed E-state index contributed by atoms with van der Waals surface area (Å²) in [5, 5.41) is 9.32. The lowest BCUT2D eigenvalue weighted by Gasteiger charge is -2.03. The first-order chi connectivity index (χ1) is 5.31. The molecular weight excluding hydrogens is 136 g/mol. The van der Waals surface area contributed by atoms with Crippen molar-refractivity contribution in [3.63, 3.8) is 0 Å². The quantitative estimate of drug-likeness (QED) is 0.463. The predicted octanol–water partition coefficient (Wildman–Crippen LogP) is 2.89. The first-order valence-corrected chi connectivity index (χ1v) is 4.66. The molecule has 0 heterocycles. The Balaban J connectivity index is 3.21. The number of hydrogen-bond acceptors (Lipinski definition) is 1. The van der Waals surface area contributed by atoms with E-state index in [4.69, 9.17) is 0 Å². The number of aliphatic hydroxyl groups is 1. The lowest BCUT2D eigenvalue weighted by atomic mass is 10.1. The maximum absolute atomic E-state index is 9.32. The molecular formula is C10H20O. The van der Waals surface area contributed by atoms with E-state index < -0.39 is 0 Å². The minimum absolute atomic E-state index is 0.207. The second-order valence-corrected chi connectivity index (χ2v) is 2.90. The number of hydrogen-bond donors (Lipinski definition) is 1. The van der Waals surface area contributed by atoms with Gasteiger partial charge in [-0.3, -0.25) is 0 Å². The highest BCUT2D eigenvalue weighted by Crippen LogP contribution is 2.04. The number of unbranched alkanes of at least 4 members (excludes halogenated alkanes) is 2. The molecule has 0 aliphatic heterocycles. The summed E-state index contributed by atoms with van der Waals surface area (Å²) in [6, 6.07) is 0. The standard InChI is InChI=1S/C10H20O/c1-3-5-7-9-10(11)8-6-4-2/h6,8,10-11H,3-5,7,9H2,1-2H3. The highest BCUT2D eigenvalue weighted by molar-refractivity contribution is 4.87. The monoisotopic (exact) mass is 156 g/mol. The van der Waals surface area contributed by atoms with Crippen LogP contribution < -0.4 is 0 Å². The summed E-state index contributed by atoms with van der Waals surface area (Å²) in [5.41, 5.74) is 0. The highest BCUT2D eigenvalue weighted by Gasteiger charge is 1.96. The maximum Gasteiger partial charge on any atom is 0.0720 e. The summed E-state index contributed by atoms with van der Waals surface area (Å²) in [5.74, 6) is 0. The Kier molecular flexibility index (Phi) is 7.59. The summed E-state index contributed by atoms with van der Waals surface area (Å²) in [4.78, 5) is 0. The molecule has 0 aromatic carbocycles. The fraction of sp³-hybridized carbons (Fsp3) is 0.800. The van der Waals surface area contributed by atoms with Crippen LogP contribution in [0.4, 0.5) is 0 Å². The van der Waals surface area contributed by atoms with Gasteiger partial charge in [-0.1, -0.05) is 45.3 Å². The molecule has 1 heteroatoms. The minimum atomic E-state index is -0.207. The number of allylic oxidation sites excluding steroid dienone is 1. The Bertz CT molecular complexity index is 97.0. The molecule has 0 radical (unpaired) electrons. The molecule has 1 atom stereocenters. The van der Waals surface area contributed by atoms with Crippen molar-refractivity contribution in [2.45, 2.75) is 52.1 Å². The van der Waals surface area contributed by atoms with Crippen LogP contribution in [0.2, 0.25) is 0 Å². The van der Waals surface area contributed by atoms with Gasteiger partial charge in [0, 0.05) is 0 Å². The third-order valence-corrected chi connectivity index (χ3v) is 1.70. The van der Waals surface area contributed by atoms with Crippen LogP contribution in [0.1, 0.15) is 46.0 Å². The molecule has 0 rings (SSSR count). The van der Waals surface area contributed by atoms with E-state index in [1.165, 1.54) is 12.8 Å². The van der Waals surface area contributed by atoms with Crippen molar-refractivity contribution in [2.75, 3.05) is 0 Å². The first-order valence-electron chi connectivity index (χ1n) is 4.66. The molecule has 0 amide bonds. The van der Waals surface area contributed by atoms with Gasteiger partial charge in [0.15, 0.2) is 0 Å². The van der Waals surface area contributed by atoms with Crippen molar-refractivity contribution in [3.05, 3.63) is 12.2 Å². The Morgan fingerprint density at radius 1 is 1.27 bits per heavy atom. The molecule has 0 spiro atoms. The highest BCUT2D eigenvalue weighted by atomic mass is 16.3. The van der Waals surface area contributed by atoms with Gasteiger partial charge in [-0.2, -0.15) is 0 Å². The van der Waals surface area contributed by atoms with Crippen molar-refractivity contribution >= 4 is 0 Å². The molecule has 11 heavy (non-hydrogen) atoms. The van der Waals surface area contributed by atoms with Crippen LogP contribution >= 0.6 is 0 Å². The summed E-state index contributed by atoms with van der Waals surface area (Å²) in [7, 11) is 0. The van der Waals surface area contributed by atoms with E-state index in [1.807, 2.05) is 12.2 Å². The molecule has 1 unspecified atom stereocenters. The third-order valence-electron chi connectivity index (χ3n) is 1.70. The van der Waals surface area contributed by atoms with Gasteiger partial charge in [0.05, 0.1) is 6.10 Å². The summed E-state index contributed by atoms with van der Waals surface area (Å²) >= 11 is 0. The van der Waals surface area contributed by atoms with E-state index in [1.54, 1.807) is 0 Å². The molecule has 0 aromatic rings. The van der Waals surface area contributed by atoms with Crippen molar-refractivity contribution in [2.24, 2.45) is 0 Å². The van der Waals surface area contributed by atoms with E-state index in [9.17, 15) is 5.11 Å². The largest absolute Gasteiger partial charge is 0.389 e.